The second kappa shape index (κ2) is 6.22. The maximum atomic E-state index is 12.4. The van der Waals surface area contributed by atoms with Crippen molar-refractivity contribution in [2.75, 3.05) is 0 Å². The second-order valence-electron chi connectivity index (χ2n) is 5.85. The molecule has 0 aliphatic heterocycles. The van der Waals surface area contributed by atoms with Gasteiger partial charge in [-0.15, -0.1) is 0 Å². The van der Waals surface area contributed by atoms with Crippen molar-refractivity contribution in [2.45, 2.75) is 30.4 Å². The molecular formula is C18H18ClNO3. The Morgan fingerprint density at radius 2 is 1.91 bits per heavy atom. The fraction of sp³-hybridized carbons (Fsp3) is 0.278. The number of alkyl halides is 1. The van der Waals surface area contributed by atoms with Crippen LogP contribution in [0.5, 0.6) is 5.75 Å². The van der Waals surface area contributed by atoms with Crippen LogP contribution in [0.1, 0.15) is 23.1 Å². The number of rotatable bonds is 3. The highest BCUT2D eigenvalue weighted by atomic mass is 35.5. The van der Waals surface area contributed by atoms with E-state index in [1.807, 2.05) is 6.07 Å². The van der Waals surface area contributed by atoms with Gasteiger partial charge >= 0.3 is 0 Å². The minimum Gasteiger partial charge on any atom is -0.508 e. The number of carbonyl (C=O) groups excluding carboxylic acids is 1. The number of hydrogen-bond acceptors (Lipinski definition) is 3. The maximum absolute atomic E-state index is 12.4. The Morgan fingerprint density at radius 1 is 1.17 bits per heavy atom. The van der Waals surface area contributed by atoms with Crippen molar-refractivity contribution in [2.24, 2.45) is 0 Å². The Labute approximate surface area is 139 Å². The number of amides is 1. The van der Waals surface area contributed by atoms with Gasteiger partial charge in [-0.3, -0.25) is 4.79 Å². The van der Waals surface area contributed by atoms with E-state index in [-0.39, 0.29) is 11.8 Å². The van der Waals surface area contributed by atoms with Crippen LogP contribution in [0.4, 0.5) is 0 Å². The van der Waals surface area contributed by atoms with E-state index in [9.17, 15) is 15.0 Å². The Bertz CT molecular complexity index is 715. The monoisotopic (exact) mass is 331 g/mol. The molecule has 0 heterocycles. The molecule has 0 unspecified atom stereocenters. The minimum absolute atomic E-state index is 0.120. The summed E-state index contributed by atoms with van der Waals surface area (Å²) in [4.78, 5) is 12.4. The van der Waals surface area contributed by atoms with Crippen molar-refractivity contribution >= 4 is 17.5 Å². The molecule has 23 heavy (non-hydrogen) atoms. The largest absolute Gasteiger partial charge is 0.508 e. The second-order valence-corrected chi connectivity index (χ2v) is 6.40. The third-order valence-corrected chi connectivity index (χ3v) is 4.60. The van der Waals surface area contributed by atoms with Gasteiger partial charge in [0.2, 0.25) is 5.06 Å². The molecule has 1 aliphatic rings. The molecule has 1 aliphatic carbocycles. The minimum atomic E-state index is -2.08. The molecule has 0 radical (unpaired) electrons. The Morgan fingerprint density at radius 3 is 2.65 bits per heavy atom. The molecule has 4 nitrogen and oxygen atoms in total. The molecule has 3 N–H and O–H groups in total. The van der Waals surface area contributed by atoms with Gasteiger partial charge in [-0.05, 0) is 42.5 Å². The molecule has 120 valence electrons. The fourth-order valence-electron chi connectivity index (χ4n) is 2.94. The zero-order valence-corrected chi connectivity index (χ0v) is 13.3. The summed E-state index contributed by atoms with van der Waals surface area (Å²) in [6.07, 6.45) is 2.19. The van der Waals surface area contributed by atoms with E-state index in [0.717, 1.165) is 18.4 Å². The van der Waals surface area contributed by atoms with E-state index in [4.69, 9.17) is 11.6 Å². The van der Waals surface area contributed by atoms with Gasteiger partial charge in [0.25, 0.3) is 5.91 Å². The summed E-state index contributed by atoms with van der Waals surface area (Å²) in [5.41, 5.74) is 2.53. The van der Waals surface area contributed by atoms with Crippen LogP contribution in [0.25, 0.3) is 0 Å². The standard InChI is InChI=1S/C18H18ClNO3/c19-18(23,14-4-2-1-3-5-14)17(22)20-15-8-6-12-7-9-16(21)11-13(12)10-15/h1-5,7,9,11,15,21,23H,6,8,10H2,(H,20,22)/t15-,18+/m1/s1. The van der Waals surface area contributed by atoms with Crippen LogP contribution >= 0.6 is 11.6 Å². The molecule has 2 aromatic carbocycles. The van der Waals surface area contributed by atoms with Crippen molar-refractivity contribution in [3.63, 3.8) is 0 Å². The van der Waals surface area contributed by atoms with E-state index in [1.54, 1.807) is 42.5 Å². The van der Waals surface area contributed by atoms with Crippen LogP contribution < -0.4 is 5.32 Å². The molecule has 0 saturated heterocycles. The molecule has 2 atom stereocenters. The third-order valence-electron chi connectivity index (χ3n) is 4.21. The van der Waals surface area contributed by atoms with Crippen LogP contribution in [0, 0.1) is 0 Å². The fourth-order valence-corrected chi connectivity index (χ4v) is 3.12. The molecule has 0 saturated carbocycles. The number of nitrogens with one attached hydrogen (secondary N) is 1. The lowest BCUT2D eigenvalue weighted by atomic mass is 9.88. The molecular weight excluding hydrogens is 314 g/mol. The van der Waals surface area contributed by atoms with Gasteiger partial charge in [0.1, 0.15) is 5.75 Å². The number of fused-ring (bicyclic) bond motifs is 1. The van der Waals surface area contributed by atoms with Crippen LogP contribution in [-0.2, 0) is 22.7 Å². The number of hydrogen-bond donors (Lipinski definition) is 3. The number of carbonyl (C=O) groups is 1. The number of aromatic hydroxyl groups is 1. The van der Waals surface area contributed by atoms with Gasteiger partial charge in [0.05, 0.1) is 0 Å². The predicted octanol–water partition coefficient (Wildman–Crippen LogP) is 2.45. The van der Waals surface area contributed by atoms with Crippen molar-refractivity contribution in [1.82, 2.24) is 5.32 Å². The molecule has 0 spiro atoms. The van der Waals surface area contributed by atoms with E-state index >= 15 is 0 Å². The van der Waals surface area contributed by atoms with Crippen LogP contribution in [0.2, 0.25) is 0 Å². The molecule has 0 aromatic heterocycles. The van der Waals surface area contributed by atoms with E-state index in [2.05, 4.69) is 5.32 Å². The Hall–Kier alpha value is -2.04. The first-order valence-electron chi connectivity index (χ1n) is 7.55. The lowest BCUT2D eigenvalue weighted by Crippen LogP contribution is -2.47. The zero-order chi connectivity index (χ0) is 16.4. The van der Waals surface area contributed by atoms with Crippen molar-refractivity contribution in [3.05, 3.63) is 65.2 Å². The predicted molar refractivity (Wildman–Crippen MR) is 88.3 cm³/mol. The highest BCUT2D eigenvalue weighted by molar-refractivity contribution is 6.33. The molecule has 2 aromatic rings. The van der Waals surface area contributed by atoms with Gasteiger partial charge in [0, 0.05) is 11.6 Å². The average Bonchev–Trinajstić information content (AvgIpc) is 2.55. The number of aryl methyl sites for hydroxylation is 1. The van der Waals surface area contributed by atoms with Crippen LogP contribution in [-0.4, -0.2) is 22.2 Å². The molecule has 1 amide bonds. The summed E-state index contributed by atoms with van der Waals surface area (Å²) in [5, 5.41) is 20.7. The van der Waals surface area contributed by atoms with Gasteiger partial charge < -0.3 is 15.5 Å². The van der Waals surface area contributed by atoms with E-state index < -0.39 is 11.0 Å². The van der Waals surface area contributed by atoms with E-state index in [0.29, 0.717) is 12.0 Å². The van der Waals surface area contributed by atoms with Crippen molar-refractivity contribution < 1.29 is 15.0 Å². The summed E-state index contributed by atoms with van der Waals surface area (Å²) in [6, 6.07) is 13.6. The first-order chi connectivity index (χ1) is 11.0. The van der Waals surface area contributed by atoms with Gasteiger partial charge in [-0.25, -0.2) is 0 Å². The summed E-state index contributed by atoms with van der Waals surface area (Å²) in [7, 11) is 0. The van der Waals surface area contributed by atoms with Crippen molar-refractivity contribution in [1.29, 1.82) is 0 Å². The third kappa shape index (κ3) is 3.33. The Kier molecular flexibility index (Phi) is 4.28. The van der Waals surface area contributed by atoms with Crippen LogP contribution in [0.15, 0.2) is 48.5 Å². The summed E-state index contributed by atoms with van der Waals surface area (Å²) in [6.45, 7) is 0. The SMILES string of the molecule is O=C(N[C@@H]1CCc2ccc(O)cc2C1)[C@](O)(Cl)c1ccccc1. The average molecular weight is 332 g/mol. The van der Waals surface area contributed by atoms with E-state index in [1.165, 1.54) is 5.56 Å². The molecule has 0 fully saturated rings. The van der Waals surface area contributed by atoms with Crippen molar-refractivity contribution in [3.8, 4) is 5.75 Å². The normalized spacial score (nSPS) is 19.5. The van der Waals surface area contributed by atoms with Crippen LogP contribution in [0.3, 0.4) is 0 Å². The van der Waals surface area contributed by atoms with Gasteiger partial charge in [-0.2, -0.15) is 0 Å². The maximum Gasteiger partial charge on any atom is 0.272 e. The smallest absolute Gasteiger partial charge is 0.272 e. The molecule has 0 bridgehead atoms. The quantitative estimate of drug-likeness (QED) is 0.757. The highest BCUT2D eigenvalue weighted by Crippen LogP contribution is 2.28. The first-order valence-corrected chi connectivity index (χ1v) is 7.93. The lowest BCUT2D eigenvalue weighted by molar-refractivity contribution is -0.133. The number of benzene rings is 2. The molecule has 3 rings (SSSR count). The number of aliphatic hydroxyl groups is 1. The summed E-state index contributed by atoms with van der Waals surface area (Å²) in [5.74, 6) is -0.409. The number of halogens is 1. The van der Waals surface area contributed by atoms with Gasteiger partial charge in [-0.1, -0.05) is 48.0 Å². The zero-order valence-electron chi connectivity index (χ0n) is 12.5. The topological polar surface area (TPSA) is 69.6 Å². The molecule has 5 heteroatoms. The highest BCUT2D eigenvalue weighted by Gasteiger charge is 2.37. The summed E-state index contributed by atoms with van der Waals surface area (Å²) < 4.78 is 0. The number of phenols is 1. The van der Waals surface area contributed by atoms with Gasteiger partial charge in [0.15, 0.2) is 0 Å². The Balaban J connectivity index is 1.72. The first kappa shape index (κ1) is 15.8. The number of phenolic OH excluding ortho intramolecular Hbond substituents is 1. The summed E-state index contributed by atoms with van der Waals surface area (Å²) >= 11 is 6.06. The lowest BCUT2D eigenvalue weighted by Gasteiger charge is -2.28.